The Morgan fingerprint density at radius 1 is 1.22 bits per heavy atom. The van der Waals surface area contributed by atoms with Crippen LogP contribution in [0.4, 0.5) is 0 Å². The molecule has 0 saturated heterocycles. The summed E-state index contributed by atoms with van der Waals surface area (Å²) in [5.41, 5.74) is 0. The zero-order valence-corrected chi connectivity index (χ0v) is 11.6. The highest BCUT2D eigenvalue weighted by molar-refractivity contribution is 5.37. The van der Waals surface area contributed by atoms with Crippen LogP contribution >= 0.6 is 0 Å². The van der Waals surface area contributed by atoms with Crippen LogP contribution in [0.2, 0.25) is 0 Å². The van der Waals surface area contributed by atoms with Crippen LogP contribution in [0.3, 0.4) is 0 Å². The van der Waals surface area contributed by atoms with Gasteiger partial charge in [-0.1, -0.05) is 39.5 Å². The zero-order valence-electron chi connectivity index (χ0n) is 11.6. The van der Waals surface area contributed by atoms with Crippen molar-refractivity contribution >= 4 is 0 Å². The summed E-state index contributed by atoms with van der Waals surface area (Å²) in [6.07, 6.45) is 10.2. The number of unbranched alkanes of at least 4 members (excludes halogenated alkanes) is 1. The van der Waals surface area contributed by atoms with Crippen molar-refractivity contribution in [1.82, 2.24) is 4.98 Å². The van der Waals surface area contributed by atoms with Crippen molar-refractivity contribution in [2.45, 2.75) is 46.0 Å². The number of rotatable bonds is 6. The normalized spacial score (nSPS) is 17.4. The molecular formula is C15H25NO2. The van der Waals surface area contributed by atoms with Crippen LogP contribution in [0.25, 0.3) is 0 Å². The topological polar surface area (TPSA) is 34.2 Å². The molecule has 1 atom stereocenters. The molecule has 1 aliphatic heterocycles. The van der Waals surface area contributed by atoms with Gasteiger partial charge in [-0.3, -0.25) is 0 Å². The molecule has 2 rings (SSSR count). The number of nitrogens with one attached hydrogen (secondary N) is 1. The molecule has 0 aromatic carbocycles. The summed E-state index contributed by atoms with van der Waals surface area (Å²) in [7, 11) is 0. The van der Waals surface area contributed by atoms with Crippen molar-refractivity contribution < 1.29 is 9.47 Å². The van der Waals surface area contributed by atoms with Crippen molar-refractivity contribution in [1.29, 1.82) is 0 Å². The van der Waals surface area contributed by atoms with Gasteiger partial charge in [0.25, 0.3) is 0 Å². The Kier molecular flexibility index (Phi) is 4.97. The highest BCUT2D eigenvalue weighted by Crippen LogP contribution is 2.31. The number of hydrogen-bond donors (Lipinski definition) is 1. The van der Waals surface area contributed by atoms with Gasteiger partial charge in [0.2, 0.25) is 0 Å². The third kappa shape index (κ3) is 3.44. The molecule has 0 saturated carbocycles. The van der Waals surface area contributed by atoms with Crippen LogP contribution in [-0.4, -0.2) is 18.2 Å². The van der Waals surface area contributed by atoms with Crippen molar-refractivity contribution in [3.63, 3.8) is 0 Å². The molecule has 0 fully saturated rings. The van der Waals surface area contributed by atoms with E-state index in [1.807, 2.05) is 12.4 Å². The quantitative estimate of drug-likeness (QED) is 0.829. The number of aromatic amines is 1. The van der Waals surface area contributed by atoms with E-state index in [9.17, 15) is 0 Å². The van der Waals surface area contributed by atoms with E-state index in [0.29, 0.717) is 5.92 Å². The first-order chi connectivity index (χ1) is 8.83. The van der Waals surface area contributed by atoms with Crippen molar-refractivity contribution in [2.75, 3.05) is 13.2 Å². The summed E-state index contributed by atoms with van der Waals surface area (Å²) in [4.78, 5) is 3.01. The van der Waals surface area contributed by atoms with Gasteiger partial charge >= 0.3 is 0 Å². The van der Waals surface area contributed by atoms with Gasteiger partial charge in [-0.25, -0.2) is 0 Å². The lowest BCUT2D eigenvalue weighted by atomic mass is 9.89. The maximum atomic E-state index is 5.79. The van der Waals surface area contributed by atoms with Crippen LogP contribution < -0.4 is 9.47 Å². The Morgan fingerprint density at radius 2 is 1.89 bits per heavy atom. The maximum Gasteiger partial charge on any atom is 0.178 e. The molecule has 18 heavy (non-hydrogen) atoms. The van der Waals surface area contributed by atoms with E-state index in [2.05, 4.69) is 18.8 Å². The second-order valence-electron chi connectivity index (χ2n) is 5.32. The Bertz CT molecular complexity index is 326. The molecule has 0 radical (unpaired) electrons. The number of hydrogen-bond acceptors (Lipinski definition) is 2. The summed E-state index contributed by atoms with van der Waals surface area (Å²) >= 11 is 0. The van der Waals surface area contributed by atoms with Crippen LogP contribution in [0.5, 0.6) is 11.5 Å². The molecule has 3 heteroatoms. The highest BCUT2D eigenvalue weighted by atomic mass is 16.5. The number of ether oxygens (including phenoxy) is 2. The molecular weight excluding hydrogens is 226 g/mol. The second-order valence-corrected chi connectivity index (χ2v) is 5.32. The van der Waals surface area contributed by atoms with E-state index < -0.39 is 0 Å². The molecule has 1 aromatic heterocycles. The average molecular weight is 251 g/mol. The predicted molar refractivity (Wildman–Crippen MR) is 73.2 cm³/mol. The third-order valence-corrected chi connectivity index (χ3v) is 3.83. The summed E-state index contributed by atoms with van der Waals surface area (Å²) in [6, 6.07) is 0. The first-order valence-corrected chi connectivity index (χ1v) is 7.25. The second kappa shape index (κ2) is 6.72. The van der Waals surface area contributed by atoms with E-state index in [-0.39, 0.29) is 0 Å². The summed E-state index contributed by atoms with van der Waals surface area (Å²) in [5, 5.41) is 0. The van der Waals surface area contributed by atoms with Gasteiger partial charge in [-0.15, -0.1) is 0 Å². The zero-order chi connectivity index (χ0) is 12.8. The van der Waals surface area contributed by atoms with E-state index in [4.69, 9.17) is 9.47 Å². The molecule has 0 bridgehead atoms. The van der Waals surface area contributed by atoms with E-state index in [1.165, 1.54) is 32.1 Å². The van der Waals surface area contributed by atoms with Crippen molar-refractivity contribution in [2.24, 2.45) is 11.8 Å². The highest BCUT2D eigenvalue weighted by Gasteiger charge is 2.21. The van der Waals surface area contributed by atoms with E-state index in [1.54, 1.807) is 0 Å². The molecule has 0 amide bonds. The number of H-pyrrole nitrogens is 1. The summed E-state index contributed by atoms with van der Waals surface area (Å²) in [6.45, 7) is 6.13. The lowest BCUT2D eigenvalue weighted by Gasteiger charge is -2.20. The Morgan fingerprint density at radius 3 is 2.44 bits per heavy atom. The lowest BCUT2D eigenvalue weighted by Crippen LogP contribution is -2.20. The average Bonchev–Trinajstić information content (AvgIpc) is 2.76. The lowest BCUT2D eigenvalue weighted by molar-refractivity contribution is 0.179. The molecule has 102 valence electrons. The first kappa shape index (κ1) is 13.3. The monoisotopic (exact) mass is 251 g/mol. The van der Waals surface area contributed by atoms with Crippen LogP contribution in [0, 0.1) is 11.8 Å². The third-order valence-electron chi connectivity index (χ3n) is 3.83. The van der Waals surface area contributed by atoms with Gasteiger partial charge < -0.3 is 14.5 Å². The van der Waals surface area contributed by atoms with E-state index in [0.717, 1.165) is 30.6 Å². The Labute approximate surface area is 110 Å². The Balaban J connectivity index is 1.82. The van der Waals surface area contributed by atoms with Crippen molar-refractivity contribution in [3.05, 3.63) is 12.4 Å². The van der Waals surface area contributed by atoms with Crippen LogP contribution in [-0.2, 0) is 0 Å². The fourth-order valence-electron chi connectivity index (χ4n) is 2.61. The SMILES string of the molecule is CCCCC(CC)CC1COc2c[nH]cc2OC1. The molecule has 1 aromatic rings. The van der Waals surface area contributed by atoms with Gasteiger partial charge in [-0.2, -0.15) is 0 Å². The van der Waals surface area contributed by atoms with Gasteiger partial charge in [0.15, 0.2) is 11.5 Å². The summed E-state index contributed by atoms with van der Waals surface area (Å²) < 4.78 is 11.6. The van der Waals surface area contributed by atoms with Crippen LogP contribution in [0.15, 0.2) is 12.4 Å². The molecule has 1 N–H and O–H groups in total. The summed E-state index contributed by atoms with van der Waals surface area (Å²) in [5.74, 6) is 3.07. The smallest absolute Gasteiger partial charge is 0.178 e. The standard InChI is InChI=1S/C15H25NO2/c1-3-5-6-12(4-2)7-13-10-17-14-8-16-9-15(14)18-11-13/h8-9,12-13,16H,3-7,10-11H2,1-2H3. The van der Waals surface area contributed by atoms with Gasteiger partial charge in [-0.05, 0) is 12.3 Å². The number of aromatic nitrogens is 1. The number of fused-ring (bicyclic) bond motifs is 1. The molecule has 1 unspecified atom stereocenters. The van der Waals surface area contributed by atoms with Gasteiger partial charge in [0.1, 0.15) is 0 Å². The molecule has 0 aliphatic carbocycles. The maximum absolute atomic E-state index is 5.79. The largest absolute Gasteiger partial charge is 0.488 e. The molecule has 2 heterocycles. The fraction of sp³-hybridized carbons (Fsp3) is 0.733. The van der Waals surface area contributed by atoms with Crippen molar-refractivity contribution in [3.8, 4) is 11.5 Å². The van der Waals surface area contributed by atoms with Gasteiger partial charge in [0, 0.05) is 18.3 Å². The molecule has 0 spiro atoms. The molecule has 1 aliphatic rings. The minimum Gasteiger partial charge on any atom is -0.488 e. The minimum atomic E-state index is 0.527. The fourth-order valence-corrected chi connectivity index (χ4v) is 2.61. The van der Waals surface area contributed by atoms with E-state index >= 15 is 0 Å². The predicted octanol–water partition coefficient (Wildman–Crippen LogP) is 4.01. The van der Waals surface area contributed by atoms with Crippen LogP contribution in [0.1, 0.15) is 46.0 Å². The molecule has 3 nitrogen and oxygen atoms in total. The first-order valence-electron chi connectivity index (χ1n) is 7.25. The Hall–Kier alpha value is -1.12. The minimum absolute atomic E-state index is 0.527. The van der Waals surface area contributed by atoms with Gasteiger partial charge in [0.05, 0.1) is 13.2 Å².